The van der Waals surface area contributed by atoms with Gasteiger partial charge in [0.25, 0.3) is 10.5 Å². The fourth-order valence-electron chi connectivity index (χ4n) is 0. The molecule has 10 heteroatoms. The normalized spacial score (nSPS) is 8.50. The molecule has 0 aromatic carbocycles. The Morgan fingerprint density at radius 3 is 1.20 bits per heavy atom. The van der Waals surface area contributed by atoms with Gasteiger partial charge in [0.05, 0.1) is 0 Å². The van der Waals surface area contributed by atoms with Crippen LogP contribution in [0.2, 0.25) is 0 Å². The molecule has 0 saturated heterocycles. The second-order valence-electron chi connectivity index (χ2n) is 0.641. The van der Waals surface area contributed by atoms with Crippen molar-refractivity contribution in [2.24, 2.45) is 0 Å². The van der Waals surface area contributed by atoms with Gasteiger partial charge in [0.2, 0.25) is 0 Å². The number of rotatable bonds is 0. The van der Waals surface area contributed by atoms with E-state index in [0.29, 0.717) is 0 Å². The Bertz CT molecular complexity index is 132. The molecule has 0 unspecified atom stereocenters. The van der Waals surface area contributed by atoms with Crippen LogP contribution in [0.3, 0.4) is 0 Å². The van der Waals surface area contributed by atoms with E-state index < -0.39 is 18.0 Å². The summed E-state index contributed by atoms with van der Waals surface area (Å²) in [5, 5.41) is 0. The molecule has 0 amide bonds. The van der Waals surface area contributed by atoms with Gasteiger partial charge in [-0.3, -0.25) is 12.9 Å². The number of halogens is 4. The predicted octanol–water partition coefficient (Wildman–Crippen LogP) is -2.70. The van der Waals surface area contributed by atoms with Crippen molar-refractivity contribution in [1.82, 2.24) is 0 Å². The molecule has 0 heterocycles. The predicted molar refractivity (Wildman–Crippen MR) is 19.9 cm³/mol. The zero-order valence-corrected chi connectivity index (χ0v) is 5.54. The van der Waals surface area contributed by atoms with Gasteiger partial charge in [-0.15, -0.1) is 3.89 Å². The molecule has 0 aromatic heterocycles. The van der Waals surface area contributed by atoms with E-state index in [9.17, 15) is 16.8 Å². The van der Waals surface area contributed by atoms with E-state index in [0.717, 1.165) is 0 Å². The maximum atomic E-state index is 10.1. The van der Waals surface area contributed by atoms with E-state index in [1.54, 1.807) is 0 Å². The average Bonchev–Trinajstić information content (AvgIpc) is 1.19. The second kappa shape index (κ2) is 7.40. The van der Waals surface area contributed by atoms with E-state index >= 15 is 0 Å². The third kappa shape index (κ3) is 5160. The molecular formula is BF4LiO3S. The van der Waals surface area contributed by atoms with Crippen molar-refractivity contribution < 1.29 is 48.7 Å². The minimum Gasteiger partial charge on any atom is -0.722 e. The molecule has 0 aliphatic carbocycles. The molecular weight excluding hydrogens is 174 g/mol. The molecule has 0 aliphatic heterocycles. The molecule has 0 spiro atoms. The first-order valence-electron chi connectivity index (χ1n) is 1.31. The van der Waals surface area contributed by atoms with E-state index in [4.69, 9.17) is 13.0 Å². The summed E-state index contributed by atoms with van der Waals surface area (Å²) in [6, 6.07) is 0. The summed E-state index contributed by atoms with van der Waals surface area (Å²) < 4.78 is 64.3. The van der Waals surface area contributed by atoms with E-state index in [2.05, 4.69) is 0 Å². The Kier molecular flexibility index (Phi) is 12.4. The second-order valence-corrected chi connectivity index (χ2v) is 1.43. The standard InChI is InChI=1S/BF3.FHO3S.Li/c2-1(3)4;1-5(2,3)4;/h;(H,2,3,4);/q;;+1/p-1. The maximum absolute atomic E-state index is 10.1. The first-order valence-corrected chi connectivity index (χ1v) is 2.62. The SMILES string of the molecule is FB(F)F.O=S(=O)([O-])F.[Li+]. The number of hydrogen-bond donors (Lipinski definition) is 0. The van der Waals surface area contributed by atoms with Crippen LogP contribution in [0.4, 0.5) is 16.8 Å². The fraction of sp³-hybridized carbons (Fsp3) is 0. The van der Waals surface area contributed by atoms with Gasteiger partial charge in [0.15, 0.2) is 0 Å². The molecule has 0 atom stereocenters. The van der Waals surface area contributed by atoms with Crippen LogP contribution in [-0.2, 0) is 10.5 Å². The topological polar surface area (TPSA) is 57.2 Å². The van der Waals surface area contributed by atoms with Crippen molar-refractivity contribution in [3.05, 3.63) is 0 Å². The summed E-state index contributed by atoms with van der Waals surface area (Å²) >= 11 is 0. The van der Waals surface area contributed by atoms with Crippen LogP contribution in [-0.4, -0.2) is 20.5 Å². The summed E-state index contributed by atoms with van der Waals surface area (Å²) in [7, 11) is -9.08. The Morgan fingerprint density at radius 2 is 1.20 bits per heavy atom. The first kappa shape index (κ1) is 16.7. The van der Waals surface area contributed by atoms with Crippen molar-refractivity contribution >= 4 is 18.0 Å². The zero-order chi connectivity index (χ0) is 8.08. The van der Waals surface area contributed by atoms with Crippen LogP contribution >= 0.6 is 0 Å². The van der Waals surface area contributed by atoms with Crippen molar-refractivity contribution in [3.63, 3.8) is 0 Å². The van der Waals surface area contributed by atoms with Crippen molar-refractivity contribution in [2.75, 3.05) is 0 Å². The minimum atomic E-state index is -5.42. The van der Waals surface area contributed by atoms with Crippen molar-refractivity contribution in [1.29, 1.82) is 0 Å². The van der Waals surface area contributed by atoms with Crippen LogP contribution in [0, 0.1) is 0 Å². The molecule has 0 saturated carbocycles. The van der Waals surface area contributed by atoms with Crippen LogP contribution in [0.15, 0.2) is 0 Å². The van der Waals surface area contributed by atoms with E-state index in [1.807, 2.05) is 0 Å². The quantitative estimate of drug-likeness (QED) is 0.174. The zero-order valence-electron chi connectivity index (χ0n) is 4.72. The molecule has 10 heavy (non-hydrogen) atoms. The summed E-state index contributed by atoms with van der Waals surface area (Å²) in [6.07, 6.45) is 0. The summed E-state index contributed by atoms with van der Waals surface area (Å²) in [4.78, 5) is 0. The Hall–Kier alpha value is 0.292. The Morgan fingerprint density at radius 1 is 1.20 bits per heavy atom. The summed E-state index contributed by atoms with van der Waals surface area (Å²) in [6.45, 7) is 0. The monoisotopic (exact) mass is 174 g/mol. The van der Waals surface area contributed by atoms with Gasteiger partial charge in [0, 0.05) is 0 Å². The molecule has 56 valence electrons. The van der Waals surface area contributed by atoms with E-state index in [-0.39, 0.29) is 18.9 Å². The molecule has 0 N–H and O–H groups in total. The van der Waals surface area contributed by atoms with Gasteiger partial charge in [-0.05, 0) is 0 Å². The fourth-order valence-corrected chi connectivity index (χ4v) is 0. The smallest absolute Gasteiger partial charge is 0.722 e. The van der Waals surface area contributed by atoms with Gasteiger partial charge in [0.1, 0.15) is 0 Å². The third-order valence-corrected chi connectivity index (χ3v) is 0. The Labute approximate surface area is 67.2 Å². The summed E-state index contributed by atoms with van der Waals surface area (Å²) in [5.74, 6) is 0. The maximum Gasteiger partial charge on any atom is 1.00 e. The molecule has 0 aliphatic rings. The minimum absolute atomic E-state index is 0. The third-order valence-electron chi connectivity index (χ3n) is 0. The largest absolute Gasteiger partial charge is 1.00 e. The van der Waals surface area contributed by atoms with Gasteiger partial charge in [-0.2, -0.15) is 0 Å². The van der Waals surface area contributed by atoms with Gasteiger partial charge < -0.3 is 4.55 Å². The molecule has 3 nitrogen and oxygen atoms in total. The number of hydrogen-bond acceptors (Lipinski definition) is 3. The van der Waals surface area contributed by atoms with Crippen molar-refractivity contribution in [2.45, 2.75) is 0 Å². The molecule has 0 bridgehead atoms. The van der Waals surface area contributed by atoms with Crippen molar-refractivity contribution in [3.8, 4) is 0 Å². The first-order chi connectivity index (χ1) is 3.73. The Balaban J connectivity index is -0.0000000910. The van der Waals surface area contributed by atoms with Crippen LogP contribution in [0.5, 0.6) is 0 Å². The molecule has 0 fully saturated rings. The van der Waals surface area contributed by atoms with Crippen LogP contribution in [0.25, 0.3) is 0 Å². The summed E-state index contributed by atoms with van der Waals surface area (Å²) in [5.41, 5.74) is 0. The van der Waals surface area contributed by atoms with E-state index in [1.165, 1.54) is 0 Å². The molecule has 0 radical (unpaired) electrons. The van der Waals surface area contributed by atoms with Crippen LogP contribution in [0.1, 0.15) is 0 Å². The molecule has 0 rings (SSSR count). The average molecular weight is 174 g/mol. The van der Waals surface area contributed by atoms with Gasteiger partial charge in [-0.25, -0.2) is 8.42 Å². The van der Waals surface area contributed by atoms with Gasteiger partial charge in [-0.1, -0.05) is 0 Å². The van der Waals surface area contributed by atoms with Crippen LogP contribution < -0.4 is 18.9 Å². The van der Waals surface area contributed by atoms with Gasteiger partial charge >= 0.3 is 26.4 Å². The molecule has 0 aromatic rings.